The van der Waals surface area contributed by atoms with Crippen LogP contribution in [-0.4, -0.2) is 27.8 Å². The largest absolute Gasteiger partial charge is 0.374 e. The number of imidazole rings is 1. The first-order chi connectivity index (χ1) is 8.01. The minimum atomic E-state index is -0.269. The quantitative estimate of drug-likeness (QED) is 0.551. The lowest BCUT2D eigenvalue weighted by Gasteiger charge is -2.33. The molecule has 0 spiro atoms. The van der Waals surface area contributed by atoms with Gasteiger partial charge in [0.25, 0.3) is 0 Å². The number of rotatable bonds is 7. The summed E-state index contributed by atoms with van der Waals surface area (Å²) < 4.78 is 7.74. The van der Waals surface area contributed by atoms with Crippen LogP contribution >= 0.6 is 0 Å². The first-order valence-electron chi connectivity index (χ1n) is 6.07. The molecular formula is C12H24N4O. The third kappa shape index (κ3) is 3.80. The Balaban J connectivity index is 2.56. The number of hydrogen-bond acceptors (Lipinski definition) is 4. The molecule has 0 amide bonds. The molecule has 0 radical (unpaired) electrons. The lowest BCUT2D eigenvalue weighted by atomic mass is 9.94. The van der Waals surface area contributed by atoms with Crippen molar-refractivity contribution in [3.8, 4) is 0 Å². The zero-order valence-corrected chi connectivity index (χ0v) is 11.2. The van der Waals surface area contributed by atoms with Crippen molar-refractivity contribution in [3.05, 3.63) is 18.2 Å². The molecule has 0 bridgehead atoms. The highest BCUT2D eigenvalue weighted by molar-refractivity contribution is 4.94. The maximum atomic E-state index is 5.71. The predicted octanol–water partition coefficient (Wildman–Crippen LogP) is 1.000. The zero-order chi connectivity index (χ0) is 12.9. The average Bonchev–Trinajstić information content (AvgIpc) is 2.65. The number of nitrogens with one attached hydrogen (secondary N) is 1. The summed E-state index contributed by atoms with van der Waals surface area (Å²) in [6.07, 6.45) is 5.55. The van der Waals surface area contributed by atoms with E-state index in [9.17, 15) is 0 Å². The second-order valence-electron chi connectivity index (χ2n) is 4.75. The molecule has 5 nitrogen and oxygen atoms in total. The van der Waals surface area contributed by atoms with Gasteiger partial charge in [-0.05, 0) is 27.2 Å². The molecule has 1 aromatic heterocycles. The molecule has 0 saturated carbocycles. The normalized spacial score (nSPS) is 13.9. The Labute approximate surface area is 103 Å². The summed E-state index contributed by atoms with van der Waals surface area (Å²) in [7, 11) is 2.00. The van der Waals surface area contributed by atoms with Gasteiger partial charge >= 0.3 is 0 Å². The van der Waals surface area contributed by atoms with Crippen molar-refractivity contribution in [1.29, 1.82) is 0 Å². The van der Waals surface area contributed by atoms with Gasteiger partial charge in [-0.2, -0.15) is 0 Å². The summed E-state index contributed by atoms with van der Waals surface area (Å²) in [5, 5.41) is 0. The van der Waals surface area contributed by atoms with E-state index in [1.165, 1.54) is 0 Å². The summed E-state index contributed by atoms with van der Waals surface area (Å²) in [5.41, 5.74) is 2.58. The Hall–Kier alpha value is -0.910. The fraction of sp³-hybridized carbons (Fsp3) is 0.750. The molecule has 3 N–H and O–H groups in total. The standard InChI is InChI=1S/C12H24N4O/c1-5-17-12(2,3)10(15-13)6-7-11-14-8-9-16(11)4/h8-10,15H,5-7,13H2,1-4H3. The van der Waals surface area contributed by atoms with Gasteiger partial charge < -0.3 is 9.30 Å². The van der Waals surface area contributed by atoms with Crippen LogP contribution in [0.15, 0.2) is 12.4 Å². The SMILES string of the molecule is CCOC(C)(C)C(CCc1nccn1C)NN. The monoisotopic (exact) mass is 240 g/mol. The molecule has 1 rings (SSSR count). The minimum absolute atomic E-state index is 0.110. The third-order valence-electron chi connectivity index (χ3n) is 3.13. The Bertz CT molecular complexity index is 335. The van der Waals surface area contributed by atoms with Crippen LogP contribution in [0.5, 0.6) is 0 Å². The van der Waals surface area contributed by atoms with E-state index in [1.807, 2.05) is 30.9 Å². The van der Waals surface area contributed by atoms with E-state index in [0.29, 0.717) is 6.61 Å². The van der Waals surface area contributed by atoms with Gasteiger partial charge in [0.1, 0.15) is 5.82 Å². The molecule has 1 heterocycles. The van der Waals surface area contributed by atoms with Gasteiger partial charge in [0.15, 0.2) is 0 Å². The van der Waals surface area contributed by atoms with Gasteiger partial charge in [0.2, 0.25) is 0 Å². The van der Waals surface area contributed by atoms with E-state index in [-0.39, 0.29) is 11.6 Å². The van der Waals surface area contributed by atoms with Gasteiger partial charge in [0, 0.05) is 38.5 Å². The van der Waals surface area contributed by atoms with Crippen LogP contribution in [0, 0.1) is 0 Å². The molecule has 1 atom stereocenters. The molecule has 0 aliphatic rings. The fourth-order valence-corrected chi connectivity index (χ4v) is 2.02. The van der Waals surface area contributed by atoms with Gasteiger partial charge in [-0.25, -0.2) is 4.98 Å². The molecular weight excluding hydrogens is 216 g/mol. The van der Waals surface area contributed by atoms with Crippen molar-refractivity contribution in [2.24, 2.45) is 12.9 Å². The first kappa shape index (κ1) is 14.2. The van der Waals surface area contributed by atoms with Crippen LogP contribution < -0.4 is 11.3 Å². The fourth-order valence-electron chi connectivity index (χ4n) is 2.02. The first-order valence-corrected chi connectivity index (χ1v) is 6.07. The third-order valence-corrected chi connectivity index (χ3v) is 3.13. The number of hydrogen-bond donors (Lipinski definition) is 2. The minimum Gasteiger partial charge on any atom is -0.374 e. The number of hydrazine groups is 1. The van der Waals surface area contributed by atoms with Crippen LogP contribution in [-0.2, 0) is 18.2 Å². The van der Waals surface area contributed by atoms with E-state index in [1.54, 1.807) is 0 Å². The van der Waals surface area contributed by atoms with Gasteiger partial charge in [-0.15, -0.1) is 0 Å². The van der Waals surface area contributed by atoms with Crippen LogP contribution in [0.3, 0.4) is 0 Å². The number of aryl methyl sites for hydroxylation is 2. The summed E-state index contributed by atoms with van der Waals surface area (Å²) >= 11 is 0. The van der Waals surface area contributed by atoms with Gasteiger partial charge in [0.05, 0.1) is 5.60 Å². The van der Waals surface area contributed by atoms with E-state index >= 15 is 0 Å². The highest BCUT2D eigenvalue weighted by Gasteiger charge is 2.29. The highest BCUT2D eigenvalue weighted by Crippen LogP contribution is 2.18. The average molecular weight is 240 g/mol. The molecule has 17 heavy (non-hydrogen) atoms. The van der Waals surface area contributed by atoms with Crippen molar-refractivity contribution in [3.63, 3.8) is 0 Å². The van der Waals surface area contributed by atoms with E-state index < -0.39 is 0 Å². The van der Waals surface area contributed by atoms with E-state index in [2.05, 4.69) is 24.3 Å². The molecule has 5 heteroatoms. The van der Waals surface area contributed by atoms with Gasteiger partial charge in [-0.3, -0.25) is 11.3 Å². The maximum absolute atomic E-state index is 5.71. The number of aromatic nitrogens is 2. The molecule has 0 aliphatic carbocycles. The van der Waals surface area contributed by atoms with Crippen LogP contribution in [0.1, 0.15) is 33.0 Å². The number of ether oxygens (including phenoxy) is 1. The lowest BCUT2D eigenvalue weighted by Crippen LogP contribution is -2.51. The number of nitrogens with zero attached hydrogens (tertiary/aromatic N) is 2. The lowest BCUT2D eigenvalue weighted by molar-refractivity contribution is -0.0401. The Morgan fingerprint density at radius 3 is 2.76 bits per heavy atom. The van der Waals surface area contributed by atoms with Crippen molar-refractivity contribution < 1.29 is 4.74 Å². The topological polar surface area (TPSA) is 65.1 Å². The Morgan fingerprint density at radius 1 is 1.59 bits per heavy atom. The summed E-state index contributed by atoms with van der Waals surface area (Å²) in [6.45, 7) is 6.79. The van der Waals surface area contributed by atoms with Gasteiger partial charge in [-0.1, -0.05) is 0 Å². The predicted molar refractivity (Wildman–Crippen MR) is 68.3 cm³/mol. The molecule has 1 unspecified atom stereocenters. The van der Waals surface area contributed by atoms with E-state index in [0.717, 1.165) is 18.7 Å². The molecule has 0 saturated heterocycles. The highest BCUT2D eigenvalue weighted by atomic mass is 16.5. The molecule has 0 aromatic carbocycles. The van der Waals surface area contributed by atoms with Crippen LogP contribution in [0.25, 0.3) is 0 Å². The molecule has 98 valence electrons. The van der Waals surface area contributed by atoms with Crippen LogP contribution in [0.2, 0.25) is 0 Å². The second kappa shape index (κ2) is 6.14. The Morgan fingerprint density at radius 2 is 2.29 bits per heavy atom. The van der Waals surface area contributed by atoms with Crippen molar-refractivity contribution in [2.75, 3.05) is 6.61 Å². The van der Waals surface area contributed by atoms with Crippen LogP contribution in [0.4, 0.5) is 0 Å². The smallest absolute Gasteiger partial charge is 0.108 e. The summed E-state index contributed by atoms with van der Waals surface area (Å²) in [5.74, 6) is 6.68. The van der Waals surface area contributed by atoms with Crippen molar-refractivity contribution >= 4 is 0 Å². The Kier molecular flexibility index (Phi) is 5.11. The molecule has 0 fully saturated rings. The molecule has 1 aromatic rings. The van der Waals surface area contributed by atoms with Crippen molar-refractivity contribution in [2.45, 2.75) is 45.3 Å². The number of nitrogens with two attached hydrogens (primary N) is 1. The maximum Gasteiger partial charge on any atom is 0.108 e. The van der Waals surface area contributed by atoms with Crippen molar-refractivity contribution in [1.82, 2.24) is 15.0 Å². The second-order valence-corrected chi connectivity index (χ2v) is 4.75. The molecule has 0 aliphatic heterocycles. The zero-order valence-electron chi connectivity index (χ0n) is 11.2. The van der Waals surface area contributed by atoms with E-state index in [4.69, 9.17) is 10.6 Å². The summed E-state index contributed by atoms with van der Waals surface area (Å²) in [4.78, 5) is 4.30. The summed E-state index contributed by atoms with van der Waals surface area (Å²) in [6, 6.07) is 0.110.